The van der Waals surface area contributed by atoms with Crippen LogP contribution >= 0.6 is 35.0 Å². The van der Waals surface area contributed by atoms with E-state index in [-0.39, 0.29) is 12.4 Å². The molecule has 0 radical (unpaired) electrons. The van der Waals surface area contributed by atoms with E-state index in [4.69, 9.17) is 4.74 Å². The van der Waals surface area contributed by atoms with Crippen molar-refractivity contribution in [2.45, 2.75) is 19.0 Å². The fourth-order valence-corrected chi connectivity index (χ4v) is 2.85. The number of alkyl halides is 3. The molecule has 1 saturated heterocycles. The van der Waals surface area contributed by atoms with E-state index in [0.29, 0.717) is 25.6 Å². The second-order valence-electron chi connectivity index (χ2n) is 5.10. The molecule has 1 aromatic carbocycles. The summed E-state index contributed by atoms with van der Waals surface area (Å²) in [4.78, 5) is 1.47. The summed E-state index contributed by atoms with van der Waals surface area (Å²) in [6.07, 6.45) is -2.57. The molecule has 0 aliphatic carbocycles. The Morgan fingerprint density at radius 3 is 2.48 bits per heavy atom. The minimum atomic E-state index is -4.09. The molecule has 1 aliphatic heterocycles. The summed E-state index contributed by atoms with van der Waals surface area (Å²) < 4.78 is 43.7. The predicted molar refractivity (Wildman–Crippen MR) is 87.1 cm³/mol. The Morgan fingerprint density at radius 2 is 1.90 bits per heavy atom. The van der Waals surface area contributed by atoms with Gasteiger partial charge in [-0.05, 0) is 72.6 Å². The van der Waals surface area contributed by atoms with E-state index >= 15 is 0 Å². The first-order valence-corrected chi connectivity index (χ1v) is 7.68. The molecule has 1 aliphatic rings. The number of nitrogens with zero attached hydrogens (tertiary/aromatic N) is 1. The molecule has 0 spiro atoms. The van der Waals surface area contributed by atoms with Crippen molar-refractivity contribution in [1.82, 2.24) is 4.90 Å². The van der Waals surface area contributed by atoms with E-state index in [1.54, 1.807) is 0 Å². The standard InChI is InChI=1S/C14H17F3INO.ClH/c15-14(16,17)10-19-6-4-11(5-7-19)9-20-13-3-1-2-12(18)8-13;/h1-3,8,11H,4-7,9-10H2;1H. The first kappa shape index (κ1) is 18.8. The molecule has 1 fully saturated rings. The van der Waals surface area contributed by atoms with Crippen LogP contribution in [-0.2, 0) is 0 Å². The maximum absolute atomic E-state index is 12.3. The third-order valence-corrected chi connectivity index (χ3v) is 4.06. The Morgan fingerprint density at radius 1 is 1.24 bits per heavy atom. The topological polar surface area (TPSA) is 12.5 Å². The highest BCUT2D eigenvalue weighted by Crippen LogP contribution is 2.23. The quantitative estimate of drug-likeness (QED) is 0.652. The first-order valence-electron chi connectivity index (χ1n) is 6.60. The van der Waals surface area contributed by atoms with Crippen LogP contribution < -0.4 is 4.74 Å². The van der Waals surface area contributed by atoms with E-state index in [2.05, 4.69) is 22.6 Å². The lowest BCUT2D eigenvalue weighted by Crippen LogP contribution is -2.41. The molecule has 0 saturated carbocycles. The Bertz CT molecular complexity index is 436. The number of likely N-dealkylation sites (tertiary alicyclic amines) is 1. The molecule has 120 valence electrons. The van der Waals surface area contributed by atoms with Crippen molar-refractivity contribution in [2.75, 3.05) is 26.2 Å². The highest BCUT2D eigenvalue weighted by molar-refractivity contribution is 14.1. The maximum Gasteiger partial charge on any atom is 0.401 e. The molecule has 0 bridgehead atoms. The van der Waals surface area contributed by atoms with Gasteiger partial charge in [0.15, 0.2) is 0 Å². The van der Waals surface area contributed by atoms with Crippen LogP contribution in [0.15, 0.2) is 24.3 Å². The SMILES string of the molecule is Cl.FC(F)(F)CN1CCC(COc2cccc(I)c2)CC1. The fraction of sp³-hybridized carbons (Fsp3) is 0.571. The van der Waals surface area contributed by atoms with Crippen molar-refractivity contribution in [3.8, 4) is 5.75 Å². The maximum atomic E-state index is 12.3. The first-order chi connectivity index (χ1) is 9.42. The number of piperidine rings is 1. The molecule has 2 nitrogen and oxygen atoms in total. The van der Waals surface area contributed by atoms with E-state index in [9.17, 15) is 13.2 Å². The molecule has 0 atom stereocenters. The number of benzene rings is 1. The van der Waals surface area contributed by atoms with E-state index in [0.717, 1.165) is 22.2 Å². The monoisotopic (exact) mass is 435 g/mol. The van der Waals surface area contributed by atoms with Crippen molar-refractivity contribution in [2.24, 2.45) is 5.92 Å². The average molecular weight is 436 g/mol. The normalized spacial score (nSPS) is 17.3. The van der Waals surface area contributed by atoms with Crippen LogP contribution in [0, 0.1) is 9.49 Å². The largest absolute Gasteiger partial charge is 0.493 e. The zero-order chi connectivity index (χ0) is 14.6. The van der Waals surface area contributed by atoms with Crippen LogP contribution in [0.2, 0.25) is 0 Å². The van der Waals surface area contributed by atoms with E-state index in [1.165, 1.54) is 4.90 Å². The van der Waals surface area contributed by atoms with Crippen LogP contribution in [0.3, 0.4) is 0 Å². The third kappa shape index (κ3) is 7.06. The van der Waals surface area contributed by atoms with Gasteiger partial charge in [-0.2, -0.15) is 13.2 Å². The Balaban J connectivity index is 0.00000220. The summed E-state index contributed by atoms with van der Waals surface area (Å²) in [7, 11) is 0. The minimum absolute atomic E-state index is 0. The highest BCUT2D eigenvalue weighted by Gasteiger charge is 2.32. The van der Waals surface area contributed by atoms with Gasteiger partial charge in [0.2, 0.25) is 0 Å². The van der Waals surface area contributed by atoms with Crippen molar-refractivity contribution >= 4 is 35.0 Å². The van der Waals surface area contributed by atoms with Crippen LogP contribution in [0.1, 0.15) is 12.8 Å². The van der Waals surface area contributed by atoms with E-state index in [1.807, 2.05) is 24.3 Å². The molecule has 0 N–H and O–H groups in total. The number of hydrogen-bond acceptors (Lipinski definition) is 2. The third-order valence-electron chi connectivity index (χ3n) is 3.39. The van der Waals surface area contributed by atoms with Crippen molar-refractivity contribution in [3.63, 3.8) is 0 Å². The average Bonchev–Trinajstić information content (AvgIpc) is 2.36. The summed E-state index contributed by atoms with van der Waals surface area (Å²) in [5.41, 5.74) is 0. The van der Waals surface area contributed by atoms with Gasteiger partial charge in [-0.25, -0.2) is 0 Å². The summed E-state index contributed by atoms with van der Waals surface area (Å²) in [6.45, 7) is 0.789. The smallest absolute Gasteiger partial charge is 0.401 e. The second-order valence-corrected chi connectivity index (χ2v) is 6.35. The Hall–Kier alpha value is -0.210. The van der Waals surface area contributed by atoms with Crippen molar-refractivity contribution in [1.29, 1.82) is 0 Å². The summed E-state index contributed by atoms with van der Waals surface area (Å²) in [5.74, 6) is 1.17. The molecule has 21 heavy (non-hydrogen) atoms. The van der Waals surface area contributed by atoms with Crippen molar-refractivity contribution < 1.29 is 17.9 Å². The van der Waals surface area contributed by atoms with Crippen LogP contribution in [0.5, 0.6) is 5.75 Å². The zero-order valence-corrected chi connectivity index (χ0v) is 14.4. The van der Waals surface area contributed by atoms with E-state index < -0.39 is 12.7 Å². The van der Waals surface area contributed by atoms with Gasteiger partial charge in [0.05, 0.1) is 13.2 Å². The molecular weight excluding hydrogens is 418 g/mol. The van der Waals surface area contributed by atoms with Gasteiger partial charge in [0, 0.05) is 3.57 Å². The van der Waals surface area contributed by atoms with Gasteiger partial charge >= 0.3 is 6.18 Å². The molecule has 2 rings (SSSR count). The van der Waals surface area contributed by atoms with Crippen LogP contribution in [0.4, 0.5) is 13.2 Å². The van der Waals surface area contributed by atoms with Gasteiger partial charge < -0.3 is 4.74 Å². The zero-order valence-electron chi connectivity index (χ0n) is 11.4. The van der Waals surface area contributed by atoms with Gasteiger partial charge in [-0.1, -0.05) is 6.07 Å². The molecule has 0 unspecified atom stereocenters. The summed E-state index contributed by atoms with van der Waals surface area (Å²) >= 11 is 2.22. The van der Waals surface area contributed by atoms with Gasteiger partial charge in [0.25, 0.3) is 0 Å². The Kier molecular flexibility index (Phi) is 7.56. The highest BCUT2D eigenvalue weighted by atomic mass is 127. The summed E-state index contributed by atoms with van der Waals surface area (Å²) in [6, 6.07) is 7.78. The van der Waals surface area contributed by atoms with Crippen LogP contribution in [0.25, 0.3) is 0 Å². The number of rotatable bonds is 4. The Labute approximate surface area is 142 Å². The minimum Gasteiger partial charge on any atom is -0.493 e. The number of hydrogen-bond donors (Lipinski definition) is 0. The molecule has 1 aromatic rings. The molecule has 1 heterocycles. The lowest BCUT2D eigenvalue weighted by molar-refractivity contribution is -0.148. The number of halogens is 5. The van der Waals surface area contributed by atoms with Gasteiger partial charge in [-0.3, -0.25) is 4.90 Å². The lowest BCUT2D eigenvalue weighted by atomic mass is 9.98. The lowest BCUT2D eigenvalue weighted by Gasteiger charge is -2.32. The van der Waals surface area contributed by atoms with Gasteiger partial charge in [-0.15, -0.1) is 12.4 Å². The predicted octanol–water partition coefficient (Wildman–Crippen LogP) is 4.37. The molecule has 0 amide bonds. The van der Waals surface area contributed by atoms with Gasteiger partial charge in [0.1, 0.15) is 5.75 Å². The molecular formula is C14H18ClF3INO. The summed E-state index contributed by atoms with van der Waals surface area (Å²) in [5, 5.41) is 0. The molecule has 0 aromatic heterocycles. The second kappa shape index (κ2) is 8.43. The van der Waals surface area contributed by atoms with Crippen molar-refractivity contribution in [3.05, 3.63) is 27.8 Å². The number of ether oxygens (including phenoxy) is 1. The van der Waals surface area contributed by atoms with Crippen LogP contribution in [-0.4, -0.2) is 37.3 Å². The molecule has 7 heteroatoms. The fourth-order valence-electron chi connectivity index (χ4n) is 2.34.